The third-order valence-electron chi connectivity index (χ3n) is 4.69. The number of nitrogens with zero attached hydrogens (tertiary/aromatic N) is 3. The third-order valence-corrected chi connectivity index (χ3v) is 6.06. The minimum absolute atomic E-state index is 0.00737. The number of carbonyl (C=O) groups is 1. The Kier molecular flexibility index (Phi) is 8.21. The Morgan fingerprint density at radius 1 is 0.943 bits per heavy atom. The van der Waals surface area contributed by atoms with E-state index in [2.05, 4.69) is 19.7 Å². The van der Waals surface area contributed by atoms with Gasteiger partial charge in [0.25, 0.3) is 10.0 Å². The fourth-order valence-electron chi connectivity index (χ4n) is 2.93. The van der Waals surface area contributed by atoms with E-state index < -0.39 is 10.0 Å². The van der Waals surface area contributed by atoms with Crippen molar-refractivity contribution in [2.45, 2.75) is 11.3 Å². The Morgan fingerprint density at radius 3 is 2.31 bits per heavy atom. The van der Waals surface area contributed by atoms with Crippen LogP contribution in [-0.2, 0) is 10.0 Å². The van der Waals surface area contributed by atoms with Gasteiger partial charge in [-0.25, -0.2) is 8.42 Å². The van der Waals surface area contributed by atoms with Crippen molar-refractivity contribution in [2.24, 2.45) is 4.99 Å². The molecule has 3 rings (SSSR count). The monoisotopic (exact) mass is 500 g/mol. The van der Waals surface area contributed by atoms with E-state index in [9.17, 15) is 13.2 Å². The number of hydrogen-bond donors (Lipinski definition) is 1. The number of methoxy groups -OCH3 is 4. The lowest BCUT2D eigenvalue weighted by atomic mass is 10.1. The summed E-state index contributed by atoms with van der Waals surface area (Å²) in [6, 6.07) is 12.0. The van der Waals surface area contributed by atoms with Crippen LogP contribution in [0.25, 0.3) is 0 Å². The number of ether oxygens (including phenoxy) is 4. The van der Waals surface area contributed by atoms with Crippen molar-refractivity contribution in [3.63, 3.8) is 0 Å². The maximum Gasteiger partial charge on any atom is 0.321 e. The third kappa shape index (κ3) is 6.44. The number of aromatic nitrogens is 2. The highest BCUT2D eigenvalue weighted by molar-refractivity contribution is 7.92. The van der Waals surface area contributed by atoms with Crippen molar-refractivity contribution in [1.29, 1.82) is 0 Å². The molecular formula is C23H24N4O7S. The Bertz CT molecular complexity index is 1300. The van der Waals surface area contributed by atoms with Crippen molar-refractivity contribution < 1.29 is 32.2 Å². The minimum atomic E-state index is -3.95. The van der Waals surface area contributed by atoms with Crippen LogP contribution in [0.3, 0.4) is 0 Å². The number of rotatable bonds is 11. The van der Waals surface area contributed by atoms with Crippen LogP contribution in [0.4, 0.5) is 11.5 Å². The van der Waals surface area contributed by atoms with Crippen LogP contribution in [0.5, 0.6) is 23.4 Å². The Labute approximate surface area is 202 Å². The number of aliphatic imine (C=N–C) groups is 1. The maximum absolute atomic E-state index is 12.7. The number of carbonyl (C=O) groups excluding carboxylic acids is 1. The first-order valence-corrected chi connectivity index (χ1v) is 11.7. The summed E-state index contributed by atoms with van der Waals surface area (Å²) >= 11 is 0. The molecule has 3 aromatic rings. The molecule has 0 aliphatic rings. The number of hydrogen-bond acceptors (Lipinski definition) is 10. The zero-order valence-corrected chi connectivity index (χ0v) is 20.3. The van der Waals surface area contributed by atoms with Crippen molar-refractivity contribution in [2.75, 3.05) is 33.2 Å². The Morgan fingerprint density at radius 2 is 1.69 bits per heavy atom. The predicted octanol–water partition coefficient (Wildman–Crippen LogP) is 3.29. The van der Waals surface area contributed by atoms with Crippen LogP contribution in [0, 0.1) is 0 Å². The summed E-state index contributed by atoms with van der Waals surface area (Å²) < 4.78 is 48.2. The van der Waals surface area contributed by atoms with E-state index in [1.165, 1.54) is 65.0 Å². The molecule has 12 heteroatoms. The van der Waals surface area contributed by atoms with Crippen LogP contribution >= 0.6 is 0 Å². The number of ketones is 1. The molecule has 0 fully saturated rings. The van der Waals surface area contributed by atoms with Crippen LogP contribution < -0.4 is 23.7 Å². The lowest BCUT2D eigenvalue weighted by Gasteiger charge is -2.09. The highest BCUT2D eigenvalue weighted by atomic mass is 32.2. The summed E-state index contributed by atoms with van der Waals surface area (Å²) in [6.07, 6.45) is 1.48. The zero-order chi connectivity index (χ0) is 25.4. The van der Waals surface area contributed by atoms with Gasteiger partial charge in [-0.3, -0.25) is 14.5 Å². The van der Waals surface area contributed by atoms with E-state index in [0.717, 1.165) is 0 Å². The number of benzene rings is 2. The van der Waals surface area contributed by atoms with Gasteiger partial charge in [0.15, 0.2) is 11.6 Å². The first-order valence-electron chi connectivity index (χ1n) is 10.2. The fourth-order valence-corrected chi connectivity index (χ4v) is 3.92. The van der Waals surface area contributed by atoms with Gasteiger partial charge in [0.1, 0.15) is 11.5 Å². The van der Waals surface area contributed by atoms with Gasteiger partial charge in [0, 0.05) is 24.8 Å². The summed E-state index contributed by atoms with van der Waals surface area (Å²) in [4.78, 5) is 24.6. The molecule has 1 N–H and O–H groups in total. The number of sulfonamides is 1. The molecule has 0 aliphatic heterocycles. The van der Waals surface area contributed by atoms with E-state index >= 15 is 0 Å². The number of Topliss-reactive ketones (excluding diaryl/α,β-unsaturated/α-hetero) is 1. The van der Waals surface area contributed by atoms with Gasteiger partial charge in [-0.15, -0.1) is 0 Å². The summed E-state index contributed by atoms with van der Waals surface area (Å²) in [7, 11) is 1.80. The second-order valence-corrected chi connectivity index (χ2v) is 8.57. The van der Waals surface area contributed by atoms with Gasteiger partial charge >= 0.3 is 6.01 Å². The van der Waals surface area contributed by atoms with E-state index in [1.54, 1.807) is 18.2 Å². The smallest absolute Gasteiger partial charge is 0.321 e. The minimum Gasteiger partial charge on any atom is -0.497 e. The standard InChI is InChI=1S/C23H24N4O7S/c1-31-16-7-10-18(20(13-16)32-2)19(28)11-12-24-15-5-8-17(9-6-15)35(29,30)27-21-14-22(33-3)26-23(25-21)34-4/h5-10,12-14H,11H2,1-4H3,(H,25,26,27). The average molecular weight is 501 g/mol. The molecule has 2 aromatic carbocycles. The SMILES string of the molecule is COc1ccc(C(=O)CC=Nc2ccc(S(=O)(=O)Nc3cc(OC)nc(OC)n3)cc2)c(OC)c1. The summed E-state index contributed by atoms with van der Waals surface area (Å²) in [5, 5.41) is 0. The summed E-state index contributed by atoms with van der Waals surface area (Å²) in [6.45, 7) is 0. The molecule has 1 aromatic heterocycles. The van der Waals surface area contributed by atoms with E-state index in [-0.39, 0.29) is 34.8 Å². The fraction of sp³-hybridized carbons (Fsp3) is 0.217. The van der Waals surface area contributed by atoms with E-state index in [1.807, 2.05) is 0 Å². The lowest BCUT2D eigenvalue weighted by molar-refractivity contribution is 0.0998. The van der Waals surface area contributed by atoms with Gasteiger partial charge in [-0.05, 0) is 36.4 Å². The van der Waals surface area contributed by atoms with E-state index in [0.29, 0.717) is 22.7 Å². The second kappa shape index (κ2) is 11.3. The molecule has 0 saturated carbocycles. The molecule has 0 atom stereocenters. The molecular weight excluding hydrogens is 476 g/mol. The molecule has 0 saturated heterocycles. The second-order valence-electron chi connectivity index (χ2n) is 6.89. The summed E-state index contributed by atoms with van der Waals surface area (Å²) in [5.74, 6) is 0.926. The molecule has 184 valence electrons. The molecule has 35 heavy (non-hydrogen) atoms. The first-order chi connectivity index (χ1) is 16.8. The van der Waals surface area contributed by atoms with Crippen LogP contribution in [0.15, 0.2) is 58.4 Å². The van der Waals surface area contributed by atoms with Crippen LogP contribution in [0.2, 0.25) is 0 Å². The van der Waals surface area contributed by atoms with Crippen molar-refractivity contribution in [1.82, 2.24) is 9.97 Å². The zero-order valence-electron chi connectivity index (χ0n) is 19.5. The molecule has 0 bridgehead atoms. The Hall–Kier alpha value is -4.19. The van der Waals surface area contributed by atoms with Crippen molar-refractivity contribution >= 4 is 33.5 Å². The van der Waals surface area contributed by atoms with Gasteiger partial charge in [-0.2, -0.15) is 9.97 Å². The highest BCUT2D eigenvalue weighted by Gasteiger charge is 2.17. The van der Waals surface area contributed by atoms with Gasteiger partial charge in [0.2, 0.25) is 5.88 Å². The first kappa shape index (κ1) is 25.4. The Balaban J connectivity index is 1.68. The number of nitrogens with one attached hydrogen (secondary N) is 1. The lowest BCUT2D eigenvalue weighted by Crippen LogP contribution is -2.14. The largest absolute Gasteiger partial charge is 0.497 e. The highest BCUT2D eigenvalue weighted by Crippen LogP contribution is 2.26. The van der Waals surface area contributed by atoms with Gasteiger partial charge in [-0.1, -0.05) is 0 Å². The van der Waals surface area contributed by atoms with Crippen LogP contribution in [-0.4, -0.2) is 58.8 Å². The summed E-state index contributed by atoms with van der Waals surface area (Å²) in [5.41, 5.74) is 0.883. The maximum atomic E-state index is 12.7. The van der Waals surface area contributed by atoms with Crippen molar-refractivity contribution in [3.8, 4) is 23.4 Å². The number of anilines is 1. The molecule has 0 unspecified atom stereocenters. The van der Waals surface area contributed by atoms with Crippen molar-refractivity contribution in [3.05, 3.63) is 54.1 Å². The molecule has 0 aliphatic carbocycles. The van der Waals surface area contributed by atoms with Crippen LogP contribution in [0.1, 0.15) is 16.8 Å². The van der Waals surface area contributed by atoms with E-state index in [4.69, 9.17) is 18.9 Å². The molecule has 0 radical (unpaired) electrons. The molecule has 11 nitrogen and oxygen atoms in total. The molecule has 1 heterocycles. The topological polar surface area (TPSA) is 138 Å². The van der Waals surface area contributed by atoms with Gasteiger partial charge in [0.05, 0.1) is 44.6 Å². The molecule has 0 spiro atoms. The normalized spacial score (nSPS) is 11.2. The molecule has 0 amide bonds. The van der Waals surface area contributed by atoms with Gasteiger partial charge < -0.3 is 18.9 Å². The predicted molar refractivity (Wildman–Crippen MR) is 129 cm³/mol. The quantitative estimate of drug-likeness (QED) is 0.310. The average Bonchev–Trinajstić information content (AvgIpc) is 2.87.